The van der Waals surface area contributed by atoms with Gasteiger partial charge in [0.15, 0.2) is 11.5 Å². The number of anilines is 1. The molecule has 7 nitrogen and oxygen atoms in total. The number of hydrogen-bond acceptors (Lipinski definition) is 4. The molecular weight excluding hydrogens is 298 g/mol. The summed E-state index contributed by atoms with van der Waals surface area (Å²) in [7, 11) is 1.69. The van der Waals surface area contributed by atoms with Gasteiger partial charge in [-0.3, -0.25) is 9.36 Å². The summed E-state index contributed by atoms with van der Waals surface area (Å²) in [5, 5.41) is 2.80. The lowest BCUT2D eigenvalue weighted by molar-refractivity contribution is 0.102. The first-order valence-electron chi connectivity index (χ1n) is 7.01. The Kier molecular flexibility index (Phi) is 2.87. The van der Waals surface area contributed by atoms with Crippen molar-refractivity contribution < 1.29 is 14.3 Å². The number of aromatic nitrogens is 2. The smallest absolute Gasteiger partial charge is 0.326 e. The monoisotopic (exact) mass is 311 g/mol. The largest absolute Gasteiger partial charge is 0.454 e. The zero-order valence-corrected chi connectivity index (χ0v) is 12.3. The minimum atomic E-state index is -0.263. The predicted molar refractivity (Wildman–Crippen MR) is 84.1 cm³/mol. The number of hydrogen-bond donors (Lipinski definition) is 2. The van der Waals surface area contributed by atoms with Crippen LogP contribution in [-0.4, -0.2) is 22.3 Å². The Morgan fingerprint density at radius 1 is 1.17 bits per heavy atom. The highest BCUT2D eigenvalue weighted by atomic mass is 16.7. The lowest BCUT2D eigenvalue weighted by Gasteiger charge is -2.06. The maximum Gasteiger partial charge on any atom is 0.326 e. The normalized spacial score (nSPS) is 12.6. The van der Waals surface area contributed by atoms with E-state index < -0.39 is 0 Å². The van der Waals surface area contributed by atoms with Crippen molar-refractivity contribution in [3.8, 4) is 11.5 Å². The Labute approximate surface area is 130 Å². The fourth-order valence-electron chi connectivity index (χ4n) is 2.56. The van der Waals surface area contributed by atoms with E-state index in [1.165, 1.54) is 4.57 Å². The summed E-state index contributed by atoms with van der Waals surface area (Å²) in [6, 6.07) is 10.3. The summed E-state index contributed by atoms with van der Waals surface area (Å²) >= 11 is 0. The summed E-state index contributed by atoms with van der Waals surface area (Å²) in [4.78, 5) is 26.7. The van der Waals surface area contributed by atoms with Crippen molar-refractivity contribution in [1.82, 2.24) is 9.55 Å². The molecule has 23 heavy (non-hydrogen) atoms. The predicted octanol–water partition coefficient (Wildman–Crippen LogP) is 1.85. The van der Waals surface area contributed by atoms with Gasteiger partial charge in [-0.2, -0.15) is 0 Å². The van der Waals surface area contributed by atoms with Crippen LogP contribution in [0.25, 0.3) is 11.0 Å². The summed E-state index contributed by atoms with van der Waals surface area (Å²) in [6.45, 7) is 0.165. The zero-order chi connectivity index (χ0) is 16.0. The van der Waals surface area contributed by atoms with Gasteiger partial charge in [0.1, 0.15) is 0 Å². The number of rotatable bonds is 2. The molecule has 0 spiro atoms. The van der Waals surface area contributed by atoms with Crippen molar-refractivity contribution in [3.63, 3.8) is 0 Å². The van der Waals surface area contributed by atoms with Crippen molar-refractivity contribution in [2.24, 2.45) is 7.05 Å². The molecular formula is C16H13N3O4. The highest BCUT2D eigenvalue weighted by Gasteiger charge is 2.16. The molecule has 2 N–H and O–H groups in total. The molecule has 2 heterocycles. The number of imidazole rings is 1. The molecule has 0 atom stereocenters. The van der Waals surface area contributed by atoms with E-state index in [2.05, 4.69) is 10.3 Å². The quantitative estimate of drug-likeness (QED) is 0.756. The van der Waals surface area contributed by atoms with Crippen molar-refractivity contribution in [2.45, 2.75) is 0 Å². The number of nitrogens with one attached hydrogen (secondary N) is 2. The van der Waals surface area contributed by atoms with Gasteiger partial charge in [-0.25, -0.2) is 4.79 Å². The van der Waals surface area contributed by atoms with Crippen LogP contribution in [0.2, 0.25) is 0 Å². The van der Waals surface area contributed by atoms with E-state index >= 15 is 0 Å². The summed E-state index contributed by atoms with van der Waals surface area (Å²) in [5.74, 6) is 0.922. The maximum absolute atomic E-state index is 12.3. The zero-order valence-electron chi connectivity index (χ0n) is 12.3. The van der Waals surface area contributed by atoms with Crippen molar-refractivity contribution in [3.05, 3.63) is 52.4 Å². The Morgan fingerprint density at radius 2 is 2.00 bits per heavy atom. The van der Waals surface area contributed by atoms with Crippen LogP contribution in [-0.2, 0) is 7.05 Å². The van der Waals surface area contributed by atoms with Crippen LogP contribution in [0.4, 0.5) is 5.69 Å². The van der Waals surface area contributed by atoms with E-state index in [0.717, 1.165) is 5.52 Å². The summed E-state index contributed by atoms with van der Waals surface area (Å²) in [6.07, 6.45) is 0. The molecule has 0 bridgehead atoms. The van der Waals surface area contributed by atoms with Crippen LogP contribution in [0.3, 0.4) is 0 Å². The molecule has 7 heteroatoms. The molecule has 2 aromatic carbocycles. The first-order valence-corrected chi connectivity index (χ1v) is 7.01. The Bertz CT molecular complexity index is 987. The molecule has 3 aromatic rings. The molecule has 1 aliphatic heterocycles. The number of amides is 1. The number of aryl methyl sites for hydroxylation is 1. The third-order valence-corrected chi connectivity index (χ3v) is 3.80. The van der Waals surface area contributed by atoms with Crippen LogP contribution >= 0.6 is 0 Å². The number of fused-ring (bicyclic) bond motifs is 2. The van der Waals surface area contributed by atoms with E-state index in [-0.39, 0.29) is 18.4 Å². The molecule has 0 saturated carbocycles. The van der Waals surface area contributed by atoms with Gasteiger partial charge in [0.2, 0.25) is 6.79 Å². The van der Waals surface area contributed by atoms with Gasteiger partial charge in [0.25, 0.3) is 5.91 Å². The van der Waals surface area contributed by atoms with Gasteiger partial charge in [0, 0.05) is 18.3 Å². The molecule has 0 radical (unpaired) electrons. The van der Waals surface area contributed by atoms with Crippen molar-refractivity contribution in [1.29, 1.82) is 0 Å². The first-order chi connectivity index (χ1) is 11.1. The number of ether oxygens (including phenoxy) is 2. The van der Waals surface area contributed by atoms with E-state index in [0.29, 0.717) is 28.3 Å². The van der Waals surface area contributed by atoms with Crippen LogP contribution in [0, 0.1) is 0 Å². The molecule has 116 valence electrons. The number of carbonyl (C=O) groups is 1. The number of nitrogens with zero attached hydrogens (tertiary/aromatic N) is 1. The van der Waals surface area contributed by atoms with Gasteiger partial charge in [-0.1, -0.05) is 0 Å². The molecule has 0 fully saturated rings. The number of H-pyrrole nitrogens is 1. The average molecular weight is 311 g/mol. The Morgan fingerprint density at radius 3 is 2.87 bits per heavy atom. The van der Waals surface area contributed by atoms with Gasteiger partial charge >= 0.3 is 5.69 Å². The molecule has 0 unspecified atom stereocenters. The van der Waals surface area contributed by atoms with E-state index in [9.17, 15) is 9.59 Å². The third-order valence-electron chi connectivity index (χ3n) is 3.80. The molecule has 1 aromatic heterocycles. The van der Waals surface area contributed by atoms with Crippen molar-refractivity contribution >= 4 is 22.6 Å². The fourth-order valence-corrected chi connectivity index (χ4v) is 2.56. The van der Waals surface area contributed by atoms with E-state index in [1.807, 2.05) is 0 Å². The Balaban J connectivity index is 1.62. The topological polar surface area (TPSA) is 85.4 Å². The second-order valence-electron chi connectivity index (χ2n) is 5.24. The highest BCUT2D eigenvalue weighted by Crippen LogP contribution is 2.32. The SMILES string of the molecule is Cn1c(=O)[nH]c2cc(NC(=O)c3ccc4c(c3)OCO4)ccc21. The van der Waals surface area contributed by atoms with Gasteiger partial charge in [0.05, 0.1) is 11.0 Å². The van der Waals surface area contributed by atoms with E-state index in [4.69, 9.17) is 9.47 Å². The lowest BCUT2D eigenvalue weighted by Crippen LogP contribution is -2.11. The minimum absolute atomic E-state index is 0.165. The highest BCUT2D eigenvalue weighted by molar-refractivity contribution is 6.05. The van der Waals surface area contributed by atoms with Crippen molar-refractivity contribution in [2.75, 3.05) is 12.1 Å². The Hall–Kier alpha value is -3.22. The van der Waals surface area contributed by atoms with Gasteiger partial charge in [-0.15, -0.1) is 0 Å². The maximum atomic E-state index is 12.3. The molecule has 0 aliphatic carbocycles. The summed E-state index contributed by atoms with van der Waals surface area (Å²) in [5.41, 5.74) is 2.31. The standard InChI is InChI=1S/C16H13N3O4/c1-19-12-4-3-10(7-11(12)18-16(19)21)17-15(20)9-2-5-13-14(6-9)23-8-22-13/h2-7H,8H2,1H3,(H,17,20)(H,18,21). The minimum Gasteiger partial charge on any atom is -0.454 e. The second kappa shape index (κ2) is 4.91. The van der Waals surface area contributed by atoms with Crippen LogP contribution in [0.5, 0.6) is 11.5 Å². The average Bonchev–Trinajstić information content (AvgIpc) is 3.11. The van der Waals surface area contributed by atoms with Crippen LogP contribution in [0.15, 0.2) is 41.2 Å². The second-order valence-corrected chi connectivity index (χ2v) is 5.24. The molecule has 1 amide bonds. The van der Waals surface area contributed by atoms with Crippen LogP contribution < -0.4 is 20.5 Å². The summed E-state index contributed by atoms with van der Waals surface area (Å²) < 4.78 is 12.0. The van der Waals surface area contributed by atoms with Crippen LogP contribution in [0.1, 0.15) is 10.4 Å². The number of benzene rings is 2. The van der Waals surface area contributed by atoms with Gasteiger partial charge < -0.3 is 19.8 Å². The fraction of sp³-hybridized carbons (Fsp3) is 0.125. The molecule has 1 aliphatic rings. The molecule has 0 saturated heterocycles. The number of carbonyl (C=O) groups excluding carboxylic acids is 1. The van der Waals surface area contributed by atoms with Gasteiger partial charge in [-0.05, 0) is 36.4 Å². The number of aromatic amines is 1. The lowest BCUT2D eigenvalue weighted by atomic mass is 10.2. The van der Waals surface area contributed by atoms with E-state index in [1.54, 1.807) is 43.4 Å². The third kappa shape index (κ3) is 2.22. The molecule has 4 rings (SSSR count). The first kappa shape index (κ1) is 13.4.